The van der Waals surface area contributed by atoms with Gasteiger partial charge in [-0.3, -0.25) is 0 Å². The summed E-state index contributed by atoms with van der Waals surface area (Å²) in [6, 6.07) is 4.81. The molecule has 1 N–H and O–H groups in total. The van der Waals surface area contributed by atoms with Gasteiger partial charge in [-0.2, -0.15) is 0 Å². The van der Waals surface area contributed by atoms with E-state index in [0.29, 0.717) is 10.0 Å². The van der Waals surface area contributed by atoms with Gasteiger partial charge in [0.1, 0.15) is 5.82 Å². The maximum absolute atomic E-state index is 13.5. The van der Waals surface area contributed by atoms with Gasteiger partial charge < -0.3 is 9.84 Å². The number of halogens is 2. The number of aliphatic hydroxyl groups excluding tert-OH is 1. The molecule has 0 bridgehead atoms. The summed E-state index contributed by atoms with van der Waals surface area (Å²) in [7, 11) is 1.53. The van der Waals surface area contributed by atoms with Crippen LogP contribution < -0.4 is 0 Å². The highest BCUT2D eigenvalue weighted by Crippen LogP contribution is 2.21. The zero-order valence-corrected chi connectivity index (χ0v) is 11.2. The van der Waals surface area contributed by atoms with Crippen LogP contribution in [0, 0.1) is 5.82 Å². The van der Waals surface area contributed by atoms with Gasteiger partial charge in [-0.15, -0.1) is 0 Å². The van der Waals surface area contributed by atoms with Crippen LogP contribution in [0.1, 0.15) is 19.4 Å². The number of hydrogen-bond acceptors (Lipinski definition) is 2. The summed E-state index contributed by atoms with van der Waals surface area (Å²) in [5.74, 6) is -0.319. The van der Waals surface area contributed by atoms with Crippen LogP contribution in [-0.2, 0) is 11.2 Å². The molecule has 0 aliphatic carbocycles. The van der Waals surface area contributed by atoms with E-state index < -0.39 is 11.7 Å². The van der Waals surface area contributed by atoms with E-state index in [-0.39, 0.29) is 12.2 Å². The first-order chi connectivity index (χ1) is 7.36. The van der Waals surface area contributed by atoms with Gasteiger partial charge in [-0.25, -0.2) is 4.39 Å². The molecule has 0 aliphatic heterocycles. The van der Waals surface area contributed by atoms with Crippen molar-refractivity contribution in [2.45, 2.75) is 32.0 Å². The van der Waals surface area contributed by atoms with Crippen molar-refractivity contribution in [2.75, 3.05) is 7.11 Å². The third-order valence-electron chi connectivity index (χ3n) is 2.76. The van der Waals surface area contributed by atoms with Crippen molar-refractivity contribution in [1.82, 2.24) is 0 Å². The minimum atomic E-state index is -0.742. The van der Waals surface area contributed by atoms with Crippen LogP contribution in [0.15, 0.2) is 22.7 Å². The first-order valence-corrected chi connectivity index (χ1v) is 5.83. The van der Waals surface area contributed by atoms with E-state index in [9.17, 15) is 9.50 Å². The fourth-order valence-electron chi connectivity index (χ4n) is 1.28. The van der Waals surface area contributed by atoms with Crippen LogP contribution in [0.2, 0.25) is 0 Å². The molecular formula is C12H16BrFO2. The molecule has 1 unspecified atom stereocenters. The molecule has 1 aromatic carbocycles. The van der Waals surface area contributed by atoms with Crippen LogP contribution >= 0.6 is 15.9 Å². The van der Waals surface area contributed by atoms with Gasteiger partial charge in [0.05, 0.1) is 11.7 Å². The summed E-state index contributed by atoms with van der Waals surface area (Å²) in [5, 5.41) is 9.92. The fourth-order valence-corrected chi connectivity index (χ4v) is 1.61. The molecule has 90 valence electrons. The molecule has 0 saturated carbocycles. The summed E-state index contributed by atoms with van der Waals surface area (Å²) in [5.41, 5.74) is -0.194. The van der Waals surface area contributed by atoms with Crippen LogP contribution in [-0.4, -0.2) is 23.9 Å². The summed E-state index contributed by atoms with van der Waals surface area (Å²) in [6.45, 7) is 3.54. The second kappa shape index (κ2) is 5.25. The van der Waals surface area contributed by atoms with E-state index >= 15 is 0 Å². The van der Waals surface area contributed by atoms with E-state index in [1.807, 2.05) is 0 Å². The van der Waals surface area contributed by atoms with Gasteiger partial charge in [0, 0.05) is 18.0 Å². The zero-order chi connectivity index (χ0) is 12.3. The molecule has 1 aromatic rings. The lowest BCUT2D eigenvalue weighted by Crippen LogP contribution is -2.39. The number of ether oxygens (including phenoxy) is 1. The number of benzene rings is 1. The van der Waals surface area contributed by atoms with Gasteiger partial charge in [0.25, 0.3) is 0 Å². The molecule has 0 radical (unpaired) electrons. The van der Waals surface area contributed by atoms with Crippen molar-refractivity contribution >= 4 is 15.9 Å². The highest BCUT2D eigenvalue weighted by atomic mass is 79.9. The maximum Gasteiger partial charge on any atom is 0.127 e. The lowest BCUT2D eigenvalue weighted by atomic mass is 9.95. The first-order valence-electron chi connectivity index (χ1n) is 5.04. The predicted octanol–water partition coefficient (Wildman–Crippen LogP) is 2.92. The molecule has 0 saturated heterocycles. The summed E-state index contributed by atoms with van der Waals surface area (Å²) < 4.78 is 19.4. The topological polar surface area (TPSA) is 29.5 Å². The second-order valence-electron chi connectivity index (χ2n) is 4.26. The Bertz CT molecular complexity index is 366. The Kier molecular flexibility index (Phi) is 4.47. The Labute approximate surface area is 104 Å². The molecule has 0 heterocycles. The fraction of sp³-hybridized carbons (Fsp3) is 0.500. The van der Waals surface area contributed by atoms with E-state index in [0.717, 1.165) is 0 Å². The second-order valence-corrected chi connectivity index (χ2v) is 5.18. The van der Waals surface area contributed by atoms with Gasteiger partial charge >= 0.3 is 0 Å². The van der Waals surface area contributed by atoms with Crippen molar-refractivity contribution in [3.8, 4) is 0 Å². The lowest BCUT2D eigenvalue weighted by molar-refractivity contribution is -0.0767. The number of hydrogen-bond donors (Lipinski definition) is 1. The number of aliphatic hydroxyl groups is 1. The molecule has 16 heavy (non-hydrogen) atoms. The monoisotopic (exact) mass is 290 g/mol. The lowest BCUT2D eigenvalue weighted by Gasteiger charge is -2.29. The van der Waals surface area contributed by atoms with Crippen LogP contribution in [0.25, 0.3) is 0 Å². The average Bonchev–Trinajstić information content (AvgIpc) is 2.22. The molecule has 0 spiro atoms. The smallest absolute Gasteiger partial charge is 0.127 e. The zero-order valence-electron chi connectivity index (χ0n) is 9.63. The van der Waals surface area contributed by atoms with Crippen molar-refractivity contribution in [2.24, 2.45) is 0 Å². The molecular weight excluding hydrogens is 275 g/mol. The van der Waals surface area contributed by atoms with E-state index in [2.05, 4.69) is 15.9 Å². The Hall–Kier alpha value is -0.450. The molecule has 0 aromatic heterocycles. The normalized spacial score (nSPS) is 13.9. The van der Waals surface area contributed by atoms with Crippen LogP contribution in [0.4, 0.5) is 4.39 Å². The average molecular weight is 291 g/mol. The number of rotatable bonds is 4. The summed E-state index contributed by atoms with van der Waals surface area (Å²) >= 11 is 3.19. The molecule has 0 aliphatic rings. The Morgan fingerprint density at radius 1 is 1.50 bits per heavy atom. The van der Waals surface area contributed by atoms with Crippen molar-refractivity contribution in [1.29, 1.82) is 0 Å². The van der Waals surface area contributed by atoms with Crippen molar-refractivity contribution in [3.63, 3.8) is 0 Å². The van der Waals surface area contributed by atoms with Gasteiger partial charge in [0.2, 0.25) is 0 Å². The molecule has 0 fully saturated rings. The highest BCUT2D eigenvalue weighted by molar-refractivity contribution is 9.10. The third-order valence-corrected chi connectivity index (χ3v) is 3.25. The quantitative estimate of drug-likeness (QED) is 0.924. The van der Waals surface area contributed by atoms with Gasteiger partial charge in [0.15, 0.2) is 0 Å². The molecule has 2 nitrogen and oxygen atoms in total. The van der Waals surface area contributed by atoms with Crippen LogP contribution in [0.5, 0.6) is 0 Å². The van der Waals surface area contributed by atoms with E-state index in [1.165, 1.54) is 13.2 Å². The molecule has 0 amide bonds. The minimum Gasteiger partial charge on any atom is -0.390 e. The third kappa shape index (κ3) is 3.27. The van der Waals surface area contributed by atoms with Crippen molar-refractivity contribution in [3.05, 3.63) is 34.1 Å². The van der Waals surface area contributed by atoms with Crippen molar-refractivity contribution < 1.29 is 14.2 Å². The highest BCUT2D eigenvalue weighted by Gasteiger charge is 2.28. The van der Waals surface area contributed by atoms with Gasteiger partial charge in [-0.1, -0.05) is 22.0 Å². The first kappa shape index (κ1) is 13.6. The molecule has 1 atom stereocenters. The summed E-state index contributed by atoms with van der Waals surface area (Å²) in [4.78, 5) is 0. The standard InChI is InChI=1S/C12H16BrFO2/c1-12(2,16-3)11(15)6-8-4-5-9(13)7-10(8)14/h4-5,7,11,15H,6H2,1-3H3. The summed E-state index contributed by atoms with van der Waals surface area (Å²) in [6.07, 6.45) is -0.506. The maximum atomic E-state index is 13.5. The van der Waals surface area contributed by atoms with E-state index in [4.69, 9.17) is 4.74 Å². The van der Waals surface area contributed by atoms with Crippen LogP contribution in [0.3, 0.4) is 0 Å². The Balaban J connectivity index is 2.81. The Morgan fingerprint density at radius 2 is 2.12 bits per heavy atom. The number of methoxy groups -OCH3 is 1. The predicted molar refractivity (Wildman–Crippen MR) is 64.9 cm³/mol. The van der Waals surface area contributed by atoms with E-state index in [1.54, 1.807) is 26.0 Å². The molecule has 1 rings (SSSR count). The largest absolute Gasteiger partial charge is 0.390 e. The minimum absolute atomic E-state index is 0.236. The SMILES string of the molecule is COC(C)(C)C(O)Cc1ccc(Br)cc1F. The Morgan fingerprint density at radius 3 is 2.62 bits per heavy atom. The molecule has 4 heteroatoms. The van der Waals surface area contributed by atoms with Gasteiger partial charge in [-0.05, 0) is 31.5 Å².